The minimum atomic E-state index is -4.05. The van der Waals surface area contributed by atoms with E-state index in [1.807, 2.05) is 0 Å². The fourth-order valence-corrected chi connectivity index (χ4v) is 4.86. The van der Waals surface area contributed by atoms with E-state index in [4.69, 9.17) is 5.73 Å². The third-order valence-corrected chi connectivity index (χ3v) is 6.36. The summed E-state index contributed by atoms with van der Waals surface area (Å²) in [5, 5.41) is 0. The molecule has 2 N–H and O–H groups in total. The summed E-state index contributed by atoms with van der Waals surface area (Å²) in [7, 11) is -4.05. The van der Waals surface area contributed by atoms with Crippen molar-refractivity contribution in [1.29, 1.82) is 0 Å². The van der Waals surface area contributed by atoms with Crippen molar-refractivity contribution in [2.75, 3.05) is 10.0 Å². The van der Waals surface area contributed by atoms with E-state index in [2.05, 4.69) is 9.97 Å². The Morgan fingerprint density at radius 3 is 2.44 bits per heavy atom. The van der Waals surface area contributed by atoms with Crippen LogP contribution in [0.5, 0.6) is 0 Å². The van der Waals surface area contributed by atoms with Crippen LogP contribution in [0.2, 0.25) is 0 Å². The number of nitrogens with zero attached hydrogens (tertiary/aromatic N) is 3. The Kier molecular flexibility index (Phi) is 3.84. The highest BCUT2D eigenvalue weighted by Crippen LogP contribution is 2.46. The van der Waals surface area contributed by atoms with Crippen LogP contribution >= 0.6 is 0 Å². The molecule has 3 aromatic rings. The maximum Gasteiger partial charge on any atom is 0.264 e. The van der Waals surface area contributed by atoms with E-state index in [0.717, 1.165) is 16.4 Å². The van der Waals surface area contributed by atoms with Crippen molar-refractivity contribution in [2.45, 2.75) is 17.9 Å². The van der Waals surface area contributed by atoms with Gasteiger partial charge < -0.3 is 5.73 Å². The standard InChI is InChI=1S/C18H14F2N4O2S/c1-10-15-9-22-18(21)23-17(15)14-8-12(20)4-7-16(14)24(10)27(25,26)13-5-2-11(19)3-6-13/h2-10H,1H3,(H2,21,22,23). The summed E-state index contributed by atoms with van der Waals surface area (Å²) in [6, 6.07) is 7.62. The molecule has 1 atom stereocenters. The van der Waals surface area contributed by atoms with E-state index in [9.17, 15) is 17.2 Å². The number of anilines is 2. The molecular formula is C18H14F2N4O2S. The molecule has 1 aliphatic rings. The summed E-state index contributed by atoms with van der Waals surface area (Å²) in [4.78, 5) is 8.04. The summed E-state index contributed by atoms with van der Waals surface area (Å²) in [5.41, 5.74) is 7.10. The maximum atomic E-state index is 13.9. The fourth-order valence-electron chi connectivity index (χ4n) is 3.21. The van der Waals surface area contributed by atoms with Crippen LogP contribution in [0, 0.1) is 11.6 Å². The molecule has 0 spiro atoms. The Bertz CT molecular complexity index is 1150. The third-order valence-electron chi connectivity index (χ3n) is 4.46. The van der Waals surface area contributed by atoms with Gasteiger partial charge in [-0.2, -0.15) is 0 Å². The zero-order valence-corrected chi connectivity index (χ0v) is 14.9. The van der Waals surface area contributed by atoms with Crippen LogP contribution in [-0.2, 0) is 10.0 Å². The highest BCUT2D eigenvalue weighted by molar-refractivity contribution is 7.92. The van der Waals surface area contributed by atoms with Gasteiger partial charge in [-0.25, -0.2) is 27.2 Å². The normalized spacial score (nSPS) is 16.0. The minimum absolute atomic E-state index is 0.00556. The molecule has 0 radical (unpaired) electrons. The number of sulfonamides is 1. The van der Waals surface area contributed by atoms with Crippen LogP contribution < -0.4 is 10.0 Å². The lowest BCUT2D eigenvalue weighted by molar-refractivity contribution is 0.580. The number of benzene rings is 2. The first-order chi connectivity index (χ1) is 12.8. The molecule has 0 amide bonds. The summed E-state index contributed by atoms with van der Waals surface area (Å²) in [6.45, 7) is 1.67. The number of hydrogen-bond donors (Lipinski definition) is 1. The van der Waals surface area contributed by atoms with Gasteiger partial charge in [-0.3, -0.25) is 4.31 Å². The molecule has 4 rings (SSSR count). The van der Waals surface area contributed by atoms with Crippen LogP contribution in [-0.4, -0.2) is 18.4 Å². The number of nitrogen functional groups attached to an aromatic ring is 1. The number of halogens is 2. The Labute approximate surface area is 154 Å². The Balaban J connectivity index is 1.97. The first-order valence-corrected chi connectivity index (χ1v) is 9.45. The van der Waals surface area contributed by atoms with Crippen molar-refractivity contribution in [3.05, 3.63) is 65.9 Å². The van der Waals surface area contributed by atoms with Crippen molar-refractivity contribution >= 4 is 21.7 Å². The molecule has 27 heavy (non-hydrogen) atoms. The van der Waals surface area contributed by atoms with Crippen LogP contribution in [0.4, 0.5) is 20.4 Å². The second kappa shape index (κ2) is 5.98. The molecule has 9 heteroatoms. The van der Waals surface area contributed by atoms with E-state index >= 15 is 0 Å². The minimum Gasteiger partial charge on any atom is -0.368 e. The molecule has 1 unspecified atom stereocenters. The molecule has 6 nitrogen and oxygen atoms in total. The van der Waals surface area contributed by atoms with Gasteiger partial charge in [0.2, 0.25) is 5.95 Å². The quantitative estimate of drug-likeness (QED) is 0.728. The molecule has 138 valence electrons. The predicted molar refractivity (Wildman–Crippen MR) is 96.3 cm³/mol. The van der Waals surface area contributed by atoms with Gasteiger partial charge in [0, 0.05) is 17.3 Å². The SMILES string of the molecule is CC1c2cnc(N)nc2-c2cc(F)ccc2N1S(=O)(=O)c1ccc(F)cc1. The zero-order valence-electron chi connectivity index (χ0n) is 14.1. The molecule has 0 saturated heterocycles. The molecule has 1 aromatic heterocycles. The molecule has 0 aliphatic carbocycles. The van der Waals surface area contributed by atoms with Crippen molar-refractivity contribution < 1.29 is 17.2 Å². The lowest BCUT2D eigenvalue weighted by Gasteiger charge is -2.36. The summed E-state index contributed by atoms with van der Waals surface area (Å²) in [5.74, 6) is -1.08. The van der Waals surface area contributed by atoms with Gasteiger partial charge in [-0.05, 0) is 49.4 Å². The van der Waals surface area contributed by atoms with Crippen LogP contribution in [0.1, 0.15) is 18.5 Å². The molecule has 0 fully saturated rings. The fraction of sp³-hybridized carbons (Fsp3) is 0.111. The molecule has 0 saturated carbocycles. The van der Waals surface area contributed by atoms with Gasteiger partial charge in [-0.15, -0.1) is 0 Å². The first-order valence-electron chi connectivity index (χ1n) is 8.01. The zero-order chi connectivity index (χ0) is 19.3. The summed E-state index contributed by atoms with van der Waals surface area (Å²) < 4.78 is 54.8. The van der Waals surface area contributed by atoms with E-state index < -0.39 is 27.7 Å². The van der Waals surface area contributed by atoms with Crippen molar-refractivity contribution in [2.24, 2.45) is 0 Å². The predicted octanol–water partition coefficient (Wildman–Crippen LogP) is 3.27. The largest absolute Gasteiger partial charge is 0.368 e. The van der Waals surface area contributed by atoms with Crippen molar-refractivity contribution in [3.63, 3.8) is 0 Å². The second-order valence-corrected chi connectivity index (χ2v) is 7.94. The summed E-state index contributed by atoms with van der Waals surface area (Å²) >= 11 is 0. The van der Waals surface area contributed by atoms with E-state index in [1.54, 1.807) is 6.92 Å². The Hall–Kier alpha value is -3.07. The summed E-state index contributed by atoms with van der Waals surface area (Å²) in [6.07, 6.45) is 1.43. The van der Waals surface area contributed by atoms with Gasteiger partial charge in [-0.1, -0.05) is 0 Å². The molecule has 2 aromatic carbocycles. The molecule has 2 heterocycles. The smallest absolute Gasteiger partial charge is 0.264 e. The highest BCUT2D eigenvalue weighted by Gasteiger charge is 2.38. The van der Waals surface area contributed by atoms with Gasteiger partial charge in [0.1, 0.15) is 11.6 Å². The maximum absolute atomic E-state index is 13.9. The van der Waals surface area contributed by atoms with Gasteiger partial charge in [0.05, 0.1) is 22.3 Å². The van der Waals surface area contributed by atoms with Gasteiger partial charge in [0.25, 0.3) is 10.0 Å². The monoisotopic (exact) mass is 388 g/mol. The average Bonchev–Trinajstić information content (AvgIpc) is 2.62. The first kappa shape index (κ1) is 17.3. The molecule has 0 bridgehead atoms. The lowest BCUT2D eigenvalue weighted by atomic mass is 9.96. The molecular weight excluding hydrogens is 374 g/mol. The lowest BCUT2D eigenvalue weighted by Crippen LogP contribution is -2.36. The topological polar surface area (TPSA) is 89.2 Å². The highest BCUT2D eigenvalue weighted by atomic mass is 32.2. The van der Waals surface area contributed by atoms with E-state index in [-0.39, 0.29) is 16.5 Å². The Morgan fingerprint density at radius 1 is 1.07 bits per heavy atom. The van der Waals surface area contributed by atoms with Crippen LogP contribution in [0.15, 0.2) is 53.6 Å². The average molecular weight is 388 g/mol. The van der Waals surface area contributed by atoms with Gasteiger partial charge in [0.15, 0.2) is 0 Å². The number of rotatable bonds is 2. The van der Waals surface area contributed by atoms with Crippen molar-refractivity contribution in [3.8, 4) is 11.3 Å². The molecule has 1 aliphatic heterocycles. The number of fused-ring (bicyclic) bond motifs is 3. The number of nitrogens with two attached hydrogens (primary N) is 1. The Morgan fingerprint density at radius 2 is 1.74 bits per heavy atom. The third kappa shape index (κ3) is 2.71. The number of hydrogen-bond acceptors (Lipinski definition) is 5. The van der Waals surface area contributed by atoms with E-state index in [1.165, 1.54) is 36.5 Å². The number of aromatic nitrogens is 2. The van der Waals surface area contributed by atoms with Gasteiger partial charge >= 0.3 is 0 Å². The second-order valence-electron chi connectivity index (χ2n) is 6.12. The van der Waals surface area contributed by atoms with Crippen LogP contribution in [0.25, 0.3) is 11.3 Å². The van der Waals surface area contributed by atoms with Crippen LogP contribution in [0.3, 0.4) is 0 Å². The van der Waals surface area contributed by atoms with Crippen molar-refractivity contribution in [1.82, 2.24) is 9.97 Å². The van der Waals surface area contributed by atoms with E-state index in [0.29, 0.717) is 16.8 Å².